The molecule has 0 N–H and O–H groups in total. The second-order valence-electron chi connectivity index (χ2n) is 7.30. The lowest BCUT2D eigenvalue weighted by Gasteiger charge is -2.30. The van der Waals surface area contributed by atoms with Crippen LogP contribution in [0.15, 0.2) is 71.2 Å². The van der Waals surface area contributed by atoms with Gasteiger partial charge in [-0.3, -0.25) is 9.69 Å². The van der Waals surface area contributed by atoms with Crippen LogP contribution in [-0.2, 0) is 4.79 Å². The highest BCUT2D eigenvalue weighted by Crippen LogP contribution is 2.39. The van der Waals surface area contributed by atoms with Crippen molar-refractivity contribution in [1.29, 1.82) is 0 Å². The van der Waals surface area contributed by atoms with E-state index < -0.39 is 0 Å². The van der Waals surface area contributed by atoms with E-state index in [1.54, 1.807) is 12.3 Å². The van der Waals surface area contributed by atoms with Crippen molar-refractivity contribution in [1.82, 2.24) is 9.88 Å². The largest absolute Gasteiger partial charge is 0.489 e. The number of amidine groups is 1. The standard InChI is InChI=1S/C24H25N3O2S/c1-2-16-29-20-13-7-6-10-18(20)17-21-23(28)27(19-11-4-3-5-12-19)24(30-21)26-22-14-8-9-15-25-22/h2,6-10,13-15,17,19H,1,3-5,11-12,16H2/b21-17-,26-24+. The van der Waals surface area contributed by atoms with Crippen LogP contribution in [-0.4, -0.2) is 33.6 Å². The summed E-state index contributed by atoms with van der Waals surface area (Å²) in [6.07, 6.45) is 10.9. The first-order valence-corrected chi connectivity index (χ1v) is 11.1. The average Bonchev–Trinajstić information content (AvgIpc) is 3.09. The summed E-state index contributed by atoms with van der Waals surface area (Å²) in [5.41, 5.74) is 0.873. The van der Waals surface area contributed by atoms with Crippen LogP contribution < -0.4 is 4.74 Å². The number of nitrogens with zero attached hydrogens (tertiary/aromatic N) is 3. The Morgan fingerprint density at radius 3 is 2.73 bits per heavy atom. The molecule has 1 aromatic carbocycles. The van der Waals surface area contributed by atoms with Crippen LogP contribution in [0.2, 0.25) is 0 Å². The first-order chi connectivity index (χ1) is 14.8. The normalized spacial score (nSPS) is 20.1. The quantitative estimate of drug-likeness (QED) is 0.453. The van der Waals surface area contributed by atoms with Gasteiger partial charge in [0.05, 0.1) is 4.91 Å². The van der Waals surface area contributed by atoms with Crippen LogP contribution in [0.1, 0.15) is 37.7 Å². The van der Waals surface area contributed by atoms with Crippen LogP contribution in [0.5, 0.6) is 5.75 Å². The maximum Gasteiger partial charge on any atom is 0.267 e. The van der Waals surface area contributed by atoms with Crippen LogP contribution in [0.3, 0.4) is 0 Å². The molecule has 0 radical (unpaired) electrons. The van der Waals surface area contributed by atoms with Crippen molar-refractivity contribution in [2.24, 2.45) is 4.99 Å². The first kappa shape index (κ1) is 20.4. The molecule has 1 saturated heterocycles. The maximum absolute atomic E-state index is 13.4. The third kappa shape index (κ3) is 4.65. The van der Waals surface area contributed by atoms with Crippen LogP contribution in [0.25, 0.3) is 6.08 Å². The molecule has 1 aliphatic heterocycles. The van der Waals surface area contributed by atoms with E-state index in [0.717, 1.165) is 37.0 Å². The number of hydrogen-bond acceptors (Lipinski definition) is 5. The number of thioether (sulfide) groups is 1. The number of aliphatic imine (C=N–C) groups is 1. The molecular weight excluding hydrogens is 394 g/mol. The Balaban J connectivity index is 1.68. The van der Waals surface area contributed by atoms with E-state index in [2.05, 4.69) is 11.6 Å². The zero-order chi connectivity index (χ0) is 20.8. The minimum Gasteiger partial charge on any atom is -0.489 e. The van der Waals surface area contributed by atoms with Crippen LogP contribution in [0, 0.1) is 0 Å². The van der Waals surface area contributed by atoms with Gasteiger partial charge in [-0.2, -0.15) is 0 Å². The van der Waals surface area contributed by atoms with Gasteiger partial charge < -0.3 is 4.74 Å². The Morgan fingerprint density at radius 1 is 1.17 bits per heavy atom. The van der Waals surface area contributed by atoms with Gasteiger partial charge in [-0.25, -0.2) is 9.98 Å². The molecule has 30 heavy (non-hydrogen) atoms. The molecule has 2 aliphatic rings. The molecule has 4 rings (SSSR count). The van der Waals surface area contributed by atoms with Crippen molar-refractivity contribution in [3.8, 4) is 5.75 Å². The van der Waals surface area contributed by atoms with Gasteiger partial charge in [-0.05, 0) is 48.9 Å². The summed E-state index contributed by atoms with van der Waals surface area (Å²) in [6, 6.07) is 13.5. The molecule has 0 atom stereocenters. The van der Waals surface area contributed by atoms with E-state index in [1.807, 2.05) is 53.4 Å². The third-order valence-corrected chi connectivity index (χ3v) is 6.18. The third-order valence-electron chi connectivity index (χ3n) is 5.20. The number of carbonyl (C=O) groups excluding carboxylic acids is 1. The van der Waals surface area contributed by atoms with E-state index in [-0.39, 0.29) is 11.9 Å². The monoisotopic (exact) mass is 419 g/mol. The number of ether oxygens (including phenoxy) is 1. The Hall–Kier alpha value is -2.86. The van der Waals surface area contributed by atoms with Gasteiger partial charge in [0, 0.05) is 17.8 Å². The van der Waals surface area contributed by atoms with Gasteiger partial charge in [0.25, 0.3) is 5.91 Å². The average molecular weight is 420 g/mol. The molecule has 0 bridgehead atoms. The fourth-order valence-electron chi connectivity index (χ4n) is 3.76. The van der Waals surface area contributed by atoms with E-state index in [4.69, 9.17) is 9.73 Å². The number of benzene rings is 1. The number of para-hydroxylation sites is 1. The Morgan fingerprint density at radius 2 is 1.97 bits per heavy atom. The molecule has 5 nitrogen and oxygen atoms in total. The zero-order valence-electron chi connectivity index (χ0n) is 16.9. The van der Waals surface area contributed by atoms with Crippen molar-refractivity contribution in [2.75, 3.05) is 6.61 Å². The minimum atomic E-state index is 0.0140. The molecule has 6 heteroatoms. The van der Waals surface area contributed by atoms with Crippen LogP contribution >= 0.6 is 11.8 Å². The van der Waals surface area contributed by atoms with Crippen molar-refractivity contribution in [3.05, 3.63) is 71.8 Å². The molecule has 0 unspecified atom stereocenters. The highest BCUT2D eigenvalue weighted by atomic mass is 32.2. The second-order valence-corrected chi connectivity index (χ2v) is 8.31. The molecule has 1 amide bonds. The lowest BCUT2D eigenvalue weighted by Crippen LogP contribution is -2.40. The van der Waals surface area contributed by atoms with Gasteiger partial charge in [-0.1, -0.05) is 56.2 Å². The van der Waals surface area contributed by atoms with Crippen molar-refractivity contribution < 1.29 is 9.53 Å². The summed E-state index contributed by atoms with van der Waals surface area (Å²) in [5.74, 6) is 1.36. The maximum atomic E-state index is 13.4. The summed E-state index contributed by atoms with van der Waals surface area (Å²) >= 11 is 1.41. The topological polar surface area (TPSA) is 54.8 Å². The predicted octanol–water partition coefficient (Wildman–Crippen LogP) is 5.58. The molecular formula is C24H25N3O2S. The summed E-state index contributed by atoms with van der Waals surface area (Å²) in [4.78, 5) is 25.0. The predicted molar refractivity (Wildman–Crippen MR) is 123 cm³/mol. The molecule has 0 spiro atoms. The lowest BCUT2D eigenvalue weighted by atomic mass is 9.94. The smallest absolute Gasteiger partial charge is 0.267 e. The van der Waals surface area contributed by atoms with Crippen molar-refractivity contribution in [2.45, 2.75) is 38.1 Å². The Kier molecular flexibility index (Phi) is 6.64. The lowest BCUT2D eigenvalue weighted by molar-refractivity contribution is -0.124. The number of rotatable bonds is 6. The summed E-state index contributed by atoms with van der Waals surface area (Å²) in [7, 11) is 0. The second kappa shape index (κ2) is 9.76. The van der Waals surface area contributed by atoms with E-state index in [9.17, 15) is 4.79 Å². The van der Waals surface area contributed by atoms with Crippen molar-refractivity contribution in [3.63, 3.8) is 0 Å². The number of amides is 1. The molecule has 154 valence electrons. The van der Waals surface area contributed by atoms with E-state index in [1.165, 1.54) is 18.2 Å². The fourth-order valence-corrected chi connectivity index (χ4v) is 4.80. The highest BCUT2D eigenvalue weighted by Gasteiger charge is 2.38. The Labute approximate surface area is 181 Å². The van der Waals surface area contributed by atoms with Gasteiger partial charge in [0.15, 0.2) is 11.0 Å². The van der Waals surface area contributed by atoms with Gasteiger partial charge in [0.1, 0.15) is 12.4 Å². The molecule has 1 aliphatic carbocycles. The first-order valence-electron chi connectivity index (χ1n) is 10.3. The highest BCUT2D eigenvalue weighted by molar-refractivity contribution is 8.18. The molecule has 2 aromatic rings. The fraction of sp³-hybridized carbons (Fsp3) is 0.292. The number of carbonyl (C=O) groups is 1. The SMILES string of the molecule is C=CCOc1ccccc1/C=C1\S/C(=N/c2ccccn2)N(C2CCCCC2)C1=O. The van der Waals surface area contributed by atoms with E-state index in [0.29, 0.717) is 22.5 Å². The number of hydrogen-bond donors (Lipinski definition) is 0. The summed E-state index contributed by atoms with van der Waals surface area (Å²) in [6.45, 7) is 4.12. The summed E-state index contributed by atoms with van der Waals surface area (Å²) in [5, 5.41) is 0.710. The minimum absolute atomic E-state index is 0.0140. The van der Waals surface area contributed by atoms with Gasteiger partial charge in [0.2, 0.25) is 0 Å². The molecule has 2 heterocycles. The van der Waals surface area contributed by atoms with E-state index >= 15 is 0 Å². The number of aromatic nitrogens is 1. The molecule has 1 saturated carbocycles. The van der Waals surface area contributed by atoms with Crippen molar-refractivity contribution >= 4 is 34.7 Å². The number of pyridine rings is 1. The Bertz CT molecular complexity index is 965. The summed E-state index contributed by atoms with van der Waals surface area (Å²) < 4.78 is 5.76. The molecule has 1 aromatic heterocycles. The van der Waals surface area contributed by atoms with Crippen LogP contribution in [0.4, 0.5) is 5.82 Å². The van der Waals surface area contributed by atoms with Gasteiger partial charge >= 0.3 is 0 Å². The van der Waals surface area contributed by atoms with Gasteiger partial charge in [-0.15, -0.1) is 0 Å². The zero-order valence-corrected chi connectivity index (χ0v) is 17.7. The molecule has 2 fully saturated rings.